The molecule has 0 aliphatic carbocycles. The summed E-state index contributed by atoms with van der Waals surface area (Å²) in [6.45, 7) is 2.78. The van der Waals surface area contributed by atoms with Crippen molar-refractivity contribution >= 4 is 15.9 Å². The van der Waals surface area contributed by atoms with E-state index in [0.29, 0.717) is 17.1 Å². The number of rotatable bonds is 3. The van der Waals surface area contributed by atoms with Crippen LogP contribution in [0.4, 0.5) is 0 Å². The van der Waals surface area contributed by atoms with E-state index in [1.807, 2.05) is 6.92 Å². The van der Waals surface area contributed by atoms with Crippen LogP contribution in [0.2, 0.25) is 0 Å². The Morgan fingerprint density at radius 3 is 3.00 bits per heavy atom. The van der Waals surface area contributed by atoms with E-state index < -0.39 is 0 Å². The predicted molar refractivity (Wildman–Crippen MR) is 66.8 cm³/mol. The second-order valence-corrected chi connectivity index (χ2v) is 4.30. The fourth-order valence-electron chi connectivity index (χ4n) is 1.37. The van der Waals surface area contributed by atoms with Crippen molar-refractivity contribution in [1.29, 1.82) is 5.26 Å². The molecule has 5 heteroatoms. The zero-order valence-electron chi connectivity index (χ0n) is 9.22. The predicted octanol–water partition coefficient (Wildman–Crippen LogP) is 3.33. The zero-order valence-corrected chi connectivity index (χ0v) is 10.8. The highest BCUT2D eigenvalue weighted by atomic mass is 79.9. The summed E-state index contributed by atoms with van der Waals surface area (Å²) < 4.78 is 8.26. The Bertz CT molecular complexity index is 571. The van der Waals surface area contributed by atoms with E-state index in [0.717, 1.165) is 11.0 Å². The largest absolute Gasteiger partial charge is 0.453 e. The Labute approximate surface area is 108 Å². The van der Waals surface area contributed by atoms with Gasteiger partial charge >= 0.3 is 0 Å². The number of nitrogens with zero attached hydrogens (tertiary/aromatic N) is 3. The van der Waals surface area contributed by atoms with Crippen LogP contribution in [0.1, 0.15) is 12.5 Å². The van der Waals surface area contributed by atoms with E-state index in [4.69, 9.17) is 10.00 Å². The van der Waals surface area contributed by atoms with Crippen molar-refractivity contribution < 1.29 is 4.74 Å². The van der Waals surface area contributed by atoms with Gasteiger partial charge in [0, 0.05) is 11.0 Å². The second-order valence-electron chi connectivity index (χ2n) is 3.39. The lowest BCUT2D eigenvalue weighted by molar-refractivity contribution is 0.479. The molecule has 0 saturated heterocycles. The molecule has 17 heavy (non-hydrogen) atoms. The first-order valence-electron chi connectivity index (χ1n) is 5.13. The van der Waals surface area contributed by atoms with Gasteiger partial charge in [0.1, 0.15) is 11.8 Å². The van der Waals surface area contributed by atoms with Crippen molar-refractivity contribution in [1.82, 2.24) is 9.78 Å². The van der Waals surface area contributed by atoms with Crippen LogP contribution in [0.5, 0.6) is 11.5 Å². The number of hydrogen-bond acceptors (Lipinski definition) is 3. The maximum absolute atomic E-state index is 8.97. The first kappa shape index (κ1) is 11.7. The molecule has 2 aromatic rings. The molecule has 2 rings (SSSR count). The molecular formula is C12H10BrN3O. The summed E-state index contributed by atoms with van der Waals surface area (Å²) in [6, 6.07) is 7.37. The molecule has 0 amide bonds. The molecule has 1 heterocycles. The van der Waals surface area contributed by atoms with E-state index in [1.165, 1.54) is 0 Å². The molecule has 0 N–H and O–H groups in total. The van der Waals surface area contributed by atoms with Crippen LogP contribution in [-0.4, -0.2) is 9.78 Å². The summed E-state index contributed by atoms with van der Waals surface area (Å²) in [5.74, 6) is 1.15. The Morgan fingerprint density at radius 2 is 2.35 bits per heavy atom. The first-order valence-corrected chi connectivity index (χ1v) is 5.92. The SMILES string of the molecule is CCn1cc(Oc2cc(Br)ccc2C#N)cn1. The highest BCUT2D eigenvalue weighted by molar-refractivity contribution is 9.10. The van der Waals surface area contributed by atoms with Crippen molar-refractivity contribution in [2.24, 2.45) is 0 Å². The minimum absolute atomic E-state index is 0.498. The number of aryl methyl sites for hydroxylation is 1. The van der Waals surface area contributed by atoms with Gasteiger partial charge in [-0.3, -0.25) is 4.68 Å². The van der Waals surface area contributed by atoms with Crippen molar-refractivity contribution in [2.45, 2.75) is 13.5 Å². The summed E-state index contributed by atoms with van der Waals surface area (Å²) in [6.07, 6.45) is 3.42. The number of aromatic nitrogens is 2. The summed E-state index contributed by atoms with van der Waals surface area (Å²) in [4.78, 5) is 0. The normalized spacial score (nSPS) is 9.94. The third-order valence-electron chi connectivity index (χ3n) is 2.23. The fraction of sp³-hybridized carbons (Fsp3) is 0.167. The molecule has 1 aromatic carbocycles. The first-order chi connectivity index (χ1) is 8.22. The second kappa shape index (κ2) is 5.02. The van der Waals surface area contributed by atoms with E-state index in [-0.39, 0.29) is 0 Å². The molecule has 0 aliphatic rings. The van der Waals surface area contributed by atoms with Crippen molar-refractivity contribution in [3.63, 3.8) is 0 Å². The van der Waals surface area contributed by atoms with Gasteiger partial charge in [-0.2, -0.15) is 10.4 Å². The maximum Gasteiger partial charge on any atom is 0.165 e. The molecule has 0 saturated carbocycles. The topological polar surface area (TPSA) is 50.8 Å². The molecule has 0 spiro atoms. The Balaban J connectivity index is 2.29. The number of ether oxygens (including phenoxy) is 1. The Morgan fingerprint density at radius 1 is 1.53 bits per heavy atom. The Hall–Kier alpha value is -1.80. The summed E-state index contributed by atoms with van der Waals surface area (Å²) in [5.41, 5.74) is 0.498. The lowest BCUT2D eigenvalue weighted by atomic mass is 10.2. The van der Waals surface area contributed by atoms with Crippen LogP contribution in [0.3, 0.4) is 0 Å². The van der Waals surface area contributed by atoms with Gasteiger partial charge in [0.05, 0.1) is 18.0 Å². The lowest BCUT2D eigenvalue weighted by Crippen LogP contribution is -1.92. The highest BCUT2D eigenvalue weighted by Crippen LogP contribution is 2.27. The van der Waals surface area contributed by atoms with Crippen LogP contribution in [0, 0.1) is 11.3 Å². The minimum atomic E-state index is 0.498. The van der Waals surface area contributed by atoms with Gasteiger partial charge in [-0.1, -0.05) is 15.9 Å². The maximum atomic E-state index is 8.97. The van der Waals surface area contributed by atoms with E-state index >= 15 is 0 Å². The van der Waals surface area contributed by atoms with Crippen LogP contribution in [-0.2, 0) is 6.54 Å². The van der Waals surface area contributed by atoms with Gasteiger partial charge in [-0.15, -0.1) is 0 Å². The molecule has 0 fully saturated rings. The van der Waals surface area contributed by atoms with Gasteiger partial charge in [0.2, 0.25) is 0 Å². The van der Waals surface area contributed by atoms with Gasteiger partial charge in [-0.25, -0.2) is 0 Å². The summed E-state index contributed by atoms with van der Waals surface area (Å²) in [5, 5.41) is 13.1. The van der Waals surface area contributed by atoms with Crippen molar-refractivity contribution in [3.05, 3.63) is 40.6 Å². The van der Waals surface area contributed by atoms with Crippen molar-refractivity contribution in [3.8, 4) is 17.6 Å². The van der Waals surface area contributed by atoms with Gasteiger partial charge in [0.15, 0.2) is 5.75 Å². The third-order valence-corrected chi connectivity index (χ3v) is 2.72. The van der Waals surface area contributed by atoms with E-state index in [2.05, 4.69) is 27.1 Å². The number of benzene rings is 1. The smallest absolute Gasteiger partial charge is 0.165 e. The molecule has 0 atom stereocenters. The van der Waals surface area contributed by atoms with Crippen LogP contribution in [0.15, 0.2) is 35.1 Å². The molecular weight excluding hydrogens is 282 g/mol. The van der Waals surface area contributed by atoms with Gasteiger partial charge in [0.25, 0.3) is 0 Å². The third kappa shape index (κ3) is 2.66. The number of nitriles is 1. The molecule has 86 valence electrons. The molecule has 1 aromatic heterocycles. The number of hydrogen-bond donors (Lipinski definition) is 0. The highest BCUT2D eigenvalue weighted by Gasteiger charge is 2.06. The zero-order chi connectivity index (χ0) is 12.3. The van der Waals surface area contributed by atoms with E-state index in [9.17, 15) is 0 Å². The monoisotopic (exact) mass is 291 g/mol. The fourth-order valence-corrected chi connectivity index (χ4v) is 1.71. The standard InChI is InChI=1S/C12H10BrN3O/c1-2-16-8-11(7-15-16)17-12-5-10(13)4-3-9(12)6-14/h3-5,7-8H,2H2,1H3. The molecule has 0 bridgehead atoms. The molecule has 4 nitrogen and oxygen atoms in total. The average Bonchev–Trinajstić information content (AvgIpc) is 2.77. The minimum Gasteiger partial charge on any atom is -0.453 e. The van der Waals surface area contributed by atoms with Crippen LogP contribution < -0.4 is 4.74 Å². The van der Waals surface area contributed by atoms with Crippen LogP contribution in [0.25, 0.3) is 0 Å². The van der Waals surface area contributed by atoms with E-state index in [1.54, 1.807) is 35.3 Å². The van der Waals surface area contributed by atoms with Crippen LogP contribution >= 0.6 is 15.9 Å². The Kier molecular flexibility index (Phi) is 3.45. The average molecular weight is 292 g/mol. The molecule has 0 unspecified atom stereocenters. The molecule has 0 aliphatic heterocycles. The summed E-state index contributed by atoms with van der Waals surface area (Å²) in [7, 11) is 0. The number of halogens is 1. The van der Waals surface area contributed by atoms with Gasteiger partial charge in [-0.05, 0) is 25.1 Å². The van der Waals surface area contributed by atoms with Gasteiger partial charge < -0.3 is 4.74 Å². The van der Waals surface area contributed by atoms with Crippen molar-refractivity contribution in [2.75, 3.05) is 0 Å². The molecule has 0 radical (unpaired) electrons. The lowest BCUT2D eigenvalue weighted by Gasteiger charge is -2.05. The summed E-state index contributed by atoms with van der Waals surface area (Å²) >= 11 is 3.35. The quantitative estimate of drug-likeness (QED) is 0.871.